The molecule has 0 heterocycles. The van der Waals surface area contributed by atoms with Crippen molar-refractivity contribution in [3.8, 4) is 11.5 Å². The number of nitrogens with two attached hydrogens (primary N) is 1. The van der Waals surface area contributed by atoms with Gasteiger partial charge in [0.1, 0.15) is 11.5 Å². The van der Waals surface area contributed by atoms with Crippen molar-refractivity contribution in [2.24, 2.45) is 5.73 Å². The second-order valence-electron chi connectivity index (χ2n) is 4.23. The highest BCUT2D eigenvalue weighted by molar-refractivity contribution is 9.10. The van der Waals surface area contributed by atoms with Gasteiger partial charge >= 0.3 is 0 Å². The third kappa shape index (κ3) is 2.92. The second-order valence-corrected chi connectivity index (χ2v) is 5.49. The van der Waals surface area contributed by atoms with Gasteiger partial charge < -0.3 is 15.2 Å². The number of methoxy groups -OCH3 is 2. The van der Waals surface area contributed by atoms with Crippen molar-refractivity contribution in [3.63, 3.8) is 0 Å². The predicted octanol–water partition coefficient (Wildman–Crippen LogP) is 4.17. The molecule has 0 bridgehead atoms. The maximum Gasteiger partial charge on any atom is 0.133 e. The van der Waals surface area contributed by atoms with Crippen LogP contribution in [0, 0.1) is 0 Å². The maximum atomic E-state index is 6.33. The zero-order valence-electron chi connectivity index (χ0n) is 11.2. The zero-order chi connectivity index (χ0) is 14.7. The summed E-state index contributed by atoms with van der Waals surface area (Å²) >= 11 is 9.64. The summed E-state index contributed by atoms with van der Waals surface area (Å²) in [6.07, 6.45) is 0. The van der Waals surface area contributed by atoms with Crippen LogP contribution in [-0.2, 0) is 0 Å². The van der Waals surface area contributed by atoms with Gasteiger partial charge in [-0.25, -0.2) is 0 Å². The van der Waals surface area contributed by atoms with E-state index in [0.717, 1.165) is 15.6 Å². The molecule has 0 spiro atoms. The number of ether oxygens (including phenoxy) is 2. The molecule has 1 unspecified atom stereocenters. The lowest BCUT2D eigenvalue weighted by atomic mass is 9.98. The van der Waals surface area contributed by atoms with Crippen LogP contribution in [0.15, 0.2) is 40.9 Å². The molecule has 106 valence electrons. The summed E-state index contributed by atoms with van der Waals surface area (Å²) in [5, 5.41) is 0.629. The molecule has 0 saturated heterocycles. The monoisotopic (exact) mass is 355 g/mol. The Morgan fingerprint density at radius 1 is 1.05 bits per heavy atom. The molecule has 20 heavy (non-hydrogen) atoms. The van der Waals surface area contributed by atoms with E-state index in [-0.39, 0.29) is 6.04 Å². The molecule has 0 aromatic heterocycles. The fourth-order valence-electron chi connectivity index (χ4n) is 2.02. The SMILES string of the molecule is COc1cc(C(N)c2ccccc2Cl)c(OC)cc1Br. The molecule has 2 rings (SSSR count). The maximum absolute atomic E-state index is 6.33. The van der Waals surface area contributed by atoms with E-state index in [0.29, 0.717) is 16.5 Å². The summed E-state index contributed by atoms with van der Waals surface area (Å²) in [6.45, 7) is 0. The van der Waals surface area contributed by atoms with Crippen molar-refractivity contribution < 1.29 is 9.47 Å². The molecule has 2 aromatic carbocycles. The minimum Gasteiger partial charge on any atom is -0.496 e. The fourth-order valence-corrected chi connectivity index (χ4v) is 2.76. The molecule has 2 aromatic rings. The summed E-state index contributed by atoms with van der Waals surface area (Å²) < 4.78 is 11.5. The van der Waals surface area contributed by atoms with Gasteiger partial charge in [-0.15, -0.1) is 0 Å². The van der Waals surface area contributed by atoms with Gasteiger partial charge in [0, 0.05) is 10.6 Å². The van der Waals surface area contributed by atoms with Gasteiger partial charge in [0.05, 0.1) is 24.7 Å². The molecule has 3 nitrogen and oxygen atoms in total. The van der Waals surface area contributed by atoms with Crippen LogP contribution in [0.5, 0.6) is 11.5 Å². The molecule has 0 aliphatic heterocycles. The molecule has 0 radical (unpaired) electrons. The normalized spacial score (nSPS) is 12.1. The van der Waals surface area contributed by atoms with E-state index in [1.807, 2.05) is 36.4 Å². The van der Waals surface area contributed by atoms with Gasteiger partial charge in [0.2, 0.25) is 0 Å². The van der Waals surface area contributed by atoms with Gasteiger partial charge in [-0.3, -0.25) is 0 Å². The smallest absolute Gasteiger partial charge is 0.133 e. The van der Waals surface area contributed by atoms with E-state index in [2.05, 4.69) is 15.9 Å². The van der Waals surface area contributed by atoms with Crippen molar-refractivity contribution in [2.75, 3.05) is 14.2 Å². The lowest BCUT2D eigenvalue weighted by molar-refractivity contribution is 0.395. The van der Waals surface area contributed by atoms with E-state index in [4.69, 9.17) is 26.8 Å². The van der Waals surface area contributed by atoms with Crippen LogP contribution < -0.4 is 15.2 Å². The minimum atomic E-state index is -0.388. The van der Waals surface area contributed by atoms with E-state index in [1.54, 1.807) is 14.2 Å². The highest BCUT2D eigenvalue weighted by Crippen LogP contribution is 2.38. The first kappa shape index (κ1) is 15.2. The first-order chi connectivity index (χ1) is 9.58. The fraction of sp³-hybridized carbons (Fsp3) is 0.200. The van der Waals surface area contributed by atoms with Crippen LogP contribution in [0.2, 0.25) is 5.02 Å². The average Bonchev–Trinajstić information content (AvgIpc) is 2.46. The van der Waals surface area contributed by atoms with E-state index < -0.39 is 0 Å². The number of halogens is 2. The Hall–Kier alpha value is -1.23. The van der Waals surface area contributed by atoms with Gasteiger partial charge in [-0.1, -0.05) is 29.8 Å². The highest BCUT2D eigenvalue weighted by Gasteiger charge is 2.19. The van der Waals surface area contributed by atoms with Crippen LogP contribution in [0.1, 0.15) is 17.2 Å². The van der Waals surface area contributed by atoms with Crippen LogP contribution in [-0.4, -0.2) is 14.2 Å². The Morgan fingerprint density at radius 2 is 1.70 bits per heavy atom. The lowest BCUT2D eigenvalue weighted by Gasteiger charge is -2.19. The van der Waals surface area contributed by atoms with E-state index >= 15 is 0 Å². The summed E-state index contributed by atoms with van der Waals surface area (Å²) in [7, 11) is 3.22. The molecule has 0 saturated carbocycles. The van der Waals surface area contributed by atoms with E-state index in [9.17, 15) is 0 Å². The zero-order valence-corrected chi connectivity index (χ0v) is 13.5. The van der Waals surface area contributed by atoms with Gasteiger partial charge in [0.15, 0.2) is 0 Å². The number of benzene rings is 2. The van der Waals surface area contributed by atoms with Crippen molar-refractivity contribution >= 4 is 27.5 Å². The number of hydrogen-bond donors (Lipinski definition) is 1. The third-order valence-corrected chi connectivity index (χ3v) is 4.04. The van der Waals surface area contributed by atoms with Crippen molar-refractivity contribution in [1.29, 1.82) is 0 Å². The van der Waals surface area contributed by atoms with Gasteiger partial charge in [-0.2, -0.15) is 0 Å². The Labute approximate surface area is 131 Å². The largest absolute Gasteiger partial charge is 0.496 e. The molecule has 0 fully saturated rings. The summed E-state index contributed by atoms with van der Waals surface area (Å²) in [4.78, 5) is 0. The van der Waals surface area contributed by atoms with Crippen LogP contribution in [0.3, 0.4) is 0 Å². The van der Waals surface area contributed by atoms with Crippen molar-refractivity contribution in [1.82, 2.24) is 0 Å². The lowest BCUT2D eigenvalue weighted by Crippen LogP contribution is -2.14. The third-order valence-electron chi connectivity index (χ3n) is 3.08. The molecular weight excluding hydrogens is 342 g/mol. The molecule has 0 aliphatic rings. The molecule has 0 aliphatic carbocycles. The molecular formula is C15H15BrClNO2. The summed E-state index contributed by atoms with van der Waals surface area (Å²) in [5.41, 5.74) is 8.00. The van der Waals surface area contributed by atoms with Crippen molar-refractivity contribution in [3.05, 3.63) is 57.0 Å². The Bertz CT molecular complexity index is 619. The first-order valence-electron chi connectivity index (χ1n) is 6.00. The number of rotatable bonds is 4. The first-order valence-corrected chi connectivity index (χ1v) is 7.17. The number of hydrogen-bond acceptors (Lipinski definition) is 3. The van der Waals surface area contributed by atoms with Gasteiger partial charge in [0.25, 0.3) is 0 Å². The quantitative estimate of drug-likeness (QED) is 0.894. The average molecular weight is 357 g/mol. The van der Waals surface area contributed by atoms with Gasteiger partial charge in [-0.05, 0) is 39.7 Å². The Balaban J connectivity index is 2.53. The van der Waals surface area contributed by atoms with Crippen LogP contribution in [0.4, 0.5) is 0 Å². The summed E-state index contributed by atoms with van der Waals surface area (Å²) in [6, 6.07) is 10.8. The highest BCUT2D eigenvalue weighted by atomic mass is 79.9. The molecule has 5 heteroatoms. The van der Waals surface area contributed by atoms with Crippen LogP contribution >= 0.6 is 27.5 Å². The molecule has 2 N–H and O–H groups in total. The molecule has 1 atom stereocenters. The topological polar surface area (TPSA) is 44.5 Å². The second kappa shape index (κ2) is 6.48. The predicted molar refractivity (Wildman–Crippen MR) is 84.7 cm³/mol. The minimum absolute atomic E-state index is 0.388. The Kier molecular flexibility index (Phi) is 4.91. The van der Waals surface area contributed by atoms with Crippen LogP contribution in [0.25, 0.3) is 0 Å². The van der Waals surface area contributed by atoms with Crippen molar-refractivity contribution in [2.45, 2.75) is 6.04 Å². The standard InChI is InChI=1S/C15H15BrClNO2/c1-19-13-8-11(16)14(20-2)7-10(13)15(18)9-5-3-4-6-12(9)17/h3-8,15H,18H2,1-2H3. The summed E-state index contributed by atoms with van der Waals surface area (Å²) in [5.74, 6) is 1.38. The molecule has 0 amide bonds. The Morgan fingerprint density at radius 3 is 2.30 bits per heavy atom. The van der Waals surface area contributed by atoms with E-state index in [1.165, 1.54) is 0 Å².